The van der Waals surface area contributed by atoms with Crippen LogP contribution in [0.3, 0.4) is 0 Å². The number of hydrogen-bond acceptors (Lipinski definition) is 6. The molecule has 0 aliphatic carbocycles. The van der Waals surface area contributed by atoms with Crippen LogP contribution in [0.5, 0.6) is 0 Å². The van der Waals surface area contributed by atoms with Gasteiger partial charge < -0.3 is 4.74 Å². The Morgan fingerprint density at radius 2 is 1.94 bits per heavy atom. The van der Waals surface area contributed by atoms with Gasteiger partial charge in [-0.25, -0.2) is 9.42 Å². The maximum atomic E-state index is 11.3. The van der Waals surface area contributed by atoms with Crippen LogP contribution >= 0.6 is 0 Å². The summed E-state index contributed by atoms with van der Waals surface area (Å²) in [6.07, 6.45) is -0.717. The first-order valence-corrected chi connectivity index (χ1v) is 4.63. The number of carbonyl (C=O) groups excluding carboxylic acids is 2. The zero-order chi connectivity index (χ0) is 12.3. The fourth-order valence-electron chi connectivity index (χ4n) is 0.902. The van der Waals surface area contributed by atoms with E-state index >= 15 is 0 Å². The summed E-state index contributed by atoms with van der Waals surface area (Å²) < 4.78 is 9.32. The molecule has 1 amide bonds. The lowest BCUT2D eigenvalue weighted by molar-refractivity contribution is 0.0634. The summed E-state index contributed by atoms with van der Waals surface area (Å²) in [4.78, 5) is 22.4. The molecule has 0 fully saturated rings. The number of anilines is 1. The number of ether oxygens (including phenoxy) is 1. The Morgan fingerprint density at radius 3 is 2.44 bits per heavy atom. The van der Waals surface area contributed by atoms with Gasteiger partial charge in [-0.2, -0.15) is 0 Å². The van der Waals surface area contributed by atoms with Gasteiger partial charge in [-0.15, -0.1) is 0 Å². The van der Waals surface area contributed by atoms with Crippen LogP contribution in [0.2, 0.25) is 0 Å². The zero-order valence-corrected chi connectivity index (χ0v) is 9.53. The van der Waals surface area contributed by atoms with Crippen molar-refractivity contribution < 1.29 is 19.0 Å². The monoisotopic (exact) mass is 227 g/mol. The average Bonchev–Trinajstić information content (AvgIpc) is 2.47. The van der Waals surface area contributed by atoms with E-state index in [1.807, 2.05) is 0 Å². The van der Waals surface area contributed by atoms with Gasteiger partial charge in [0.25, 0.3) is 0 Å². The maximum absolute atomic E-state index is 11.3. The van der Waals surface area contributed by atoms with Crippen LogP contribution in [0.15, 0.2) is 4.63 Å². The number of amides is 1. The Hall–Kier alpha value is -1.92. The lowest BCUT2D eigenvalue weighted by Gasteiger charge is -2.18. The lowest BCUT2D eigenvalue weighted by atomic mass is 10.2. The SMILES string of the molecule is CC(=O)c1nonc1NC(=O)OC(C)(C)C. The van der Waals surface area contributed by atoms with Crippen molar-refractivity contribution in [3.05, 3.63) is 5.69 Å². The molecule has 1 N–H and O–H groups in total. The van der Waals surface area contributed by atoms with Crippen molar-refractivity contribution in [2.45, 2.75) is 33.3 Å². The van der Waals surface area contributed by atoms with Gasteiger partial charge in [0.05, 0.1) is 0 Å². The van der Waals surface area contributed by atoms with E-state index in [1.54, 1.807) is 20.8 Å². The molecule has 0 atom stereocenters. The first-order valence-electron chi connectivity index (χ1n) is 4.63. The number of aromatic nitrogens is 2. The van der Waals surface area contributed by atoms with Gasteiger partial charge in [0.1, 0.15) is 5.60 Å². The Bertz CT molecular complexity index is 405. The van der Waals surface area contributed by atoms with Crippen LogP contribution in [0.1, 0.15) is 38.2 Å². The molecule has 1 aromatic heterocycles. The van der Waals surface area contributed by atoms with Crippen LogP contribution in [-0.4, -0.2) is 27.8 Å². The van der Waals surface area contributed by atoms with Gasteiger partial charge in [-0.1, -0.05) is 0 Å². The summed E-state index contributed by atoms with van der Waals surface area (Å²) in [6, 6.07) is 0. The van der Waals surface area contributed by atoms with Crippen molar-refractivity contribution in [2.75, 3.05) is 5.32 Å². The number of nitrogens with zero attached hydrogens (tertiary/aromatic N) is 2. The number of Topliss-reactive ketones (excluding diaryl/α,β-unsaturated/α-hetero) is 1. The zero-order valence-electron chi connectivity index (χ0n) is 9.53. The molecule has 1 aromatic rings. The Kier molecular flexibility index (Phi) is 3.26. The second-order valence-corrected chi connectivity index (χ2v) is 4.14. The van der Waals surface area contributed by atoms with Crippen molar-refractivity contribution in [1.29, 1.82) is 0 Å². The summed E-state index contributed by atoms with van der Waals surface area (Å²) in [5, 5.41) is 9.03. The van der Waals surface area contributed by atoms with Gasteiger partial charge in [0.2, 0.25) is 5.82 Å². The minimum atomic E-state index is -0.717. The molecule has 0 radical (unpaired) electrons. The molecule has 1 rings (SSSR count). The molecule has 0 aromatic carbocycles. The van der Waals surface area contributed by atoms with E-state index in [9.17, 15) is 9.59 Å². The summed E-state index contributed by atoms with van der Waals surface area (Å²) in [7, 11) is 0. The Morgan fingerprint density at radius 1 is 1.31 bits per heavy atom. The van der Waals surface area contributed by atoms with Crippen LogP contribution < -0.4 is 5.32 Å². The molecule has 0 saturated carbocycles. The molecule has 0 aliphatic rings. The second-order valence-electron chi connectivity index (χ2n) is 4.14. The highest BCUT2D eigenvalue weighted by atomic mass is 16.6. The summed E-state index contributed by atoms with van der Waals surface area (Å²) >= 11 is 0. The number of ketones is 1. The number of rotatable bonds is 2. The van der Waals surface area contributed by atoms with Gasteiger partial charge >= 0.3 is 6.09 Å². The Balaban J connectivity index is 2.70. The van der Waals surface area contributed by atoms with Crippen molar-refractivity contribution in [1.82, 2.24) is 10.3 Å². The smallest absolute Gasteiger partial charge is 0.413 e. The fourth-order valence-corrected chi connectivity index (χ4v) is 0.902. The Labute approximate surface area is 92.1 Å². The van der Waals surface area contributed by atoms with E-state index in [0.717, 1.165) is 0 Å². The van der Waals surface area contributed by atoms with Crippen molar-refractivity contribution in [3.63, 3.8) is 0 Å². The number of hydrogen-bond donors (Lipinski definition) is 1. The minimum Gasteiger partial charge on any atom is -0.444 e. The number of carbonyl (C=O) groups is 2. The van der Waals surface area contributed by atoms with Gasteiger partial charge in [-0.05, 0) is 31.1 Å². The molecule has 16 heavy (non-hydrogen) atoms. The van der Waals surface area contributed by atoms with E-state index in [-0.39, 0.29) is 17.3 Å². The van der Waals surface area contributed by atoms with Crippen molar-refractivity contribution in [2.24, 2.45) is 0 Å². The van der Waals surface area contributed by atoms with Gasteiger partial charge in [-0.3, -0.25) is 10.1 Å². The normalized spacial score (nSPS) is 11.0. The first kappa shape index (κ1) is 12.2. The third kappa shape index (κ3) is 3.34. The molecule has 7 nitrogen and oxygen atoms in total. The largest absolute Gasteiger partial charge is 0.444 e. The molecular weight excluding hydrogens is 214 g/mol. The summed E-state index contributed by atoms with van der Waals surface area (Å²) in [5.41, 5.74) is -0.664. The minimum absolute atomic E-state index is 0.0362. The molecular formula is C9H13N3O4. The fraction of sp³-hybridized carbons (Fsp3) is 0.556. The highest BCUT2D eigenvalue weighted by Crippen LogP contribution is 2.13. The third-order valence-corrected chi connectivity index (χ3v) is 1.44. The predicted octanol–water partition coefficient (Wildman–Crippen LogP) is 1.62. The number of nitrogens with one attached hydrogen (secondary N) is 1. The molecule has 0 bridgehead atoms. The maximum Gasteiger partial charge on any atom is 0.413 e. The van der Waals surface area contributed by atoms with Crippen LogP contribution in [0.25, 0.3) is 0 Å². The van der Waals surface area contributed by atoms with E-state index < -0.39 is 11.7 Å². The van der Waals surface area contributed by atoms with Gasteiger partial charge in [0, 0.05) is 6.92 Å². The topological polar surface area (TPSA) is 94.3 Å². The first-order chi connectivity index (χ1) is 7.29. The van der Waals surface area contributed by atoms with E-state index in [4.69, 9.17) is 4.74 Å². The van der Waals surface area contributed by atoms with Crippen molar-refractivity contribution in [3.8, 4) is 0 Å². The highest BCUT2D eigenvalue weighted by molar-refractivity contribution is 5.99. The quantitative estimate of drug-likeness (QED) is 0.771. The summed E-state index contributed by atoms with van der Waals surface area (Å²) in [5.74, 6) is -0.394. The molecule has 1 heterocycles. The highest BCUT2D eigenvalue weighted by Gasteiger charge is 2.21. The lowest BCUT2D eigenvalue weighted by Crippen LogP contribution is -2.27. The third-order valence-electron chi connectivity index (χ3n) is 1.44. The van der Waals surface area contributed by atoms with E-state index in [2.05, 4.69) is 20.3 Å². The van der Waals surface area contributed by atoms with Crippen LogP contribution in [-0.2, 0) is 4.74 Å². The summed E-state index contributed by atoms with van der Waals surface area (Å²) in [6.45, 7) is 6.46. The predicted molar refractivity (Wildman–Crippen MR) is 54.2 cm³/mol. The molecule has 0 saturated heterocycles. The molecule has 0 aliphatic heterocycles. The molecule has 0 spiro atoms. The van der Waals surface area contributed by atoms with Gasteiger partial charge in [0.15, 0.2) is 11.5 Å². The standard InChI is InChI=1S/C9H13N3O4/c1-5(13)6-7(12-16-11-6)10-8(14)15-9(2,3)4/h1-4H3,(H,10,12,14). The van der Waals surface area contributed by atoms with Crippen LogP contribution in [0.4, 0.5) is 10.6 Å². The van der Waals surface area contributed by atoms with E-state index in [1.165, 1.54) is 6.92 Å². The van der Waals surface area contributed by atoms with Crippen LogP contribution in [0, 0.1) is 0 Å². The molecule has 7 heteroatoms. The molecule has 0 unspecified atom stereocenters. The molecule has 88 valence electrons. The van der Waals surface area contributed by atoms with Crippen molar-refractivity contribution >= 4 is 17.7 Å². The average molecular weight is 227 g/mol. The van der Waals surface area contributed by atoms with E-state index in [0.29, 0.717) is 0 Å². The second kappa shape index (κ2) is 4.30.